The molecule has 2 nitrogen and oxygen atoms in total. The van der Waals surface area contributed by atoms with Crippen LogP contribution in [0.1, 0.15) is 49.4 Å². The molecule has 1 saturated heterocycles. The van der Waals surface area contributed by atoms with Crippen molar-refractivity contribution < 1.29 is 10.4 Å². The molecule has 24 heavy (non-hydrogen) atoms. The normalized spacial score (nSPS) is 30.0. The van der Waals surface area contributed by atoms with Gasteiger partial charge in [0.05, 0.1) is 5.60 Å². The van der Waals surface area contributed by atoms with Gasteiger partial charge < -0.3 is 10.4 Å². The molecule has 0 spiro atoms. The highest BCUT2D eigenvalue weighted by molar-refractivity contribution is 5.23. The van der Waals surface area contributed by atoms with Crippen LogP contribution < -0.4 is 5.32 Å². The van der Waals surface area contributed by atoms with Gasteiger partial charge in [0.2, 0.25) is 0 Å². The van der Waals surface area contributed by atoms with Gasteiger partial charge in [0, 0.05) is 23.5 Å². The molecule has 0 aliphatic carbocycles. The maximum atomic E-state index is 11.5. The number of hydrogen-bond donors (Lipinski definition) is 2. The molecule has 1 heterocycles. The van der Waals surface area contributed by atoms with Crippen LogP contribution in [0.5, 0.6) is 0 Å². The first-order valence-corrected chi connectivity index (χ1v) is 8.96. The standard InChI is InChI=1S/C22H27NO/c1-3-15-22(24)16-20(17-11-7-5-8-12-17)23-21(19(22)4-2)18-13-9-6-10-14-18/h3,5-14,19-21,23-24H,1,4,15-16H2,2H3/p+1/t19-,20-,21-,22+/m0/s1. The van der Waals surface area contributed by atoms with Crippen molar-refractivity contribution in [3.05, 3.63) is 84.4 Å². The molecule has 1 aliphatic heterocycles. The number of hydrogen-bond acceptors (Lipinski definition) is 1. The van der Waals surface area contributed by atoms with E-state index in [1.54, 1.807) is 0 Å². The van der Waals surface area contributed by atoms with Crippen LogP contribution in [-0.2, 0) is 0 Å². The third-order valence-corrected chi connectivity index (χ3v) is 5.49. The molecule has 0 radical (unpaired) electrons. The first kappa shape index (κ1) is 16.9. The molecule has 0 bridgehead atoms. The van der Waals surface area contributed by atoms with E-state index in [4.69, 9.17) is 0 Å². The van der Waals surface area contributed by atoms with E-state index in [0.29, 0.717) is 6.42 Å². The fourth-order valence-electron chi connectivity index (χ4n) is 4.39. The predicted octanol–water partition coefficient (Wildman–Crippen LogP) is 3.77. The number of benzene rings is 2. The van der Waals surface area contributed by atoms with Crippen LogP contribution in [-0.4, -0.2) is 10.7 Å². The molecule has 1 aliphatic rings. The fraction of sp³-hybridized carbons (Fsp3) is 0.364. The second kappa shape index (κ2) is 7.33. The van der Waals surface area contributed by atoms with E-state index in [2.05, 4.69) is 73.4 Å². The fourth-order valence-corrected chi connectivity index (χ4v) is 4.39. The number of rotatable bonds is 5. The molecule has 3 N–H and O–H groups in total. The van der Waals surface area contributed by atoms with Gasteiger partial charge in [-0.25, -0.2) is 0 Å². The highest BCUT2D eigenvalue weighted by atomic mass is 16.3. The topological polar surface area (TPSA) is 36.8 Å². The summed E-state index contributed by atoms with van der Waals surface area (Å²) in [6.07, 6.45) is 4.25. The first-order chi connectivity index (χ1) is 11.7. The second-order valence-corrected chi connectivity index (χ2v) is 6.96. The Morgan fingerprint density at radius 2 is 1.67 bits per heavy atom. The van der Waals surface area contributed by atoms with Crippen LogP contribution >= 0.6 is 0 Å². The second-order valence-electron chi connectivity index (χ2n) is 6.96. The summed E-state index contributed by atoms with van der Waals surface area (Å²) in [5, 5.41) is 14.0. The average Bonchev–Trinajstić information content (AvgIpc) is 2.62. The van der Waals surface area contributed by atoms with Crippen LogP contribution in [0.25, 0.3) is 0 Å². The Morgan fingerprint density at radius 1 is 1.08 bits per heavy atom. The largest absolute Gasteiger partial charge is 0.389 e. The van der Waals surface area contributed by atoms with Gasteiger partial charge in [0.15, 0.2) is 0 Å². The van der Waals surface area contributed by atoms with Gasteiger partial charge >= 0.3 is 0 Å². The summed E-state index contributed by atoms with van der Waals surface area (Å²) in [6, 6.07) is 21.7. The van der Waals surface area contributed by atoms with Crippen molar-refractivity contribution in [2.45, 2.75) is 43.9 Å². The third-order valence-electron chi connectivity index (χ3n) is 5.49. The van der Waals surface area contributed by atoms with E-state index in [1.807, 2.05) is 12.1 Å². The lowest BCUT2D eigenvalue weighted by molar-refractivity contribution is -0.757. The molecule has 2 aromatic rings. The van der Waals surface area contributed by atoms with Gasteiger partial charge in [-0.2, -0.15) is 0 Å². The van der Waals surface area contributed by atoms with Crippen molar-refractivity contribution in [3.8, 4) is 0 Å². The summed E-state index contributed by atoms with van der Waals surface area (Å²) < 4.78 is 0. The molecule has 4 atom stereocenters. The minimum Gasteiger partial charge on any atom is -0.389 e. The molecule has 0 aromatic heterocycles. The highest BCUT2D eigenvalue weighted by Gasteiger charge is 2.49. The molecule has 2 aromatic carbocycles. The molecule has 126 valence electrons. The molecule has 0 saturated carbocycles. The zero-order valence-corrected chi connectivity index (χ0v) is 14.4. The predicted molar refractivity (Wildman–Crippen MR) is 98.5 cm³/mol. The Balaban J connectivity index is 2.00. The minimum atomic E-state index is -0.702. The van der Waals surface area contributed by atoms with Crippen molar-refractivity contribution >= 4 is 0 Å². The summed E-state index contributed by atoms with van der Waals surface area (Å²) in [5.41, 5.74) is 1.88. The van der Waals surface area contributed by atoms with Crippen molar-refractivity contribution in [2.75, 3.05) is 0 Å². The Morgan fingerprint density at radius 3 is 2.21 bits per heavy atom. The summed E-state index contributed by atoms with van der Waals surface area (Å²) in [7, 11) is 0. The summed E-state index contributed by atoms with van der Waals surface area (Å²) in [5.74, 6) is 0.220. The highest BCUT2D eigenvalue weighted by Crippen LogP contribution is 2.42. The first-order valence-electron chi connectivity index (χ1n) is 8.96. The molecular formula is C22H28NO+. The lowest BCUT2D eigenvalue weighted by Crippen LogP contribution is -2.91. The van der Waals surface area contributed by atoms with E-state index in [1.165, 1.54) is 11.1 Å². The van der Waals surface area contributed by atoms with Crippen molar-refractivity contribution in [3.63, 3.8) is 0 Å². The molecule has 0 unspecified atom stereocenters. The lowest BCUT2D eigenvalue weighted by atomic mass is 9.68. The van der Waals surface area contributed by atoms with Crippen molar-refractivity contribution in [1.29, 1.82) is 0 Å². The van der Waals surface area contributed by atoms with Crippen molar-refractivity contribution in [1.82, 2.24) is 0 Å². The van der Waals surface area contributed by atoms with Crippen LogP contribution in [0.15, 0.2) is 73.3 Å². The molecule has 2 heteroatoms. The summed E-state index contributed by atoms with van der Waals surface area (Å²) >= 11 is 0. The SMILES string of the molecule is C=CC[C@@]1(O)C[C@@H](c2ccccc2)[NH2+][C@@H](c2ccccc2)[C@@H]1CC. The van der Waals surface area contributed by atoms with Crippen LogP contribution in [0, 0.1) is 5.92 Å². The monoisotopic (exact) mass is 322 g/mol. The zero-order valence-electron chi connectivity index (χ0n) is 14.4. The average molecular weight is 322 g/mol. The van der Waals surface area contributed by atoms with E-state index < -0.39 is 5.60 Å². The van der Waals surface area contributed by atoms with E-state index in [9.17, 15) is 5.11 Å². The van der Waals surface area contributed by atoms with Crippen LogP contribution in [0.2, 0.25) is 0 Å². The Hall–Kier alpha value is -1.90. The summed E-state index contributed by atoms with van der Waals surface area (Å²) in [6.45, 7) is 6.08. The third kappa shape index (κ3) is 3.31. The summed E-state index contributed by atoms with van der Waals surface area (Å²) in [4.78, 5) is 0. The quantitative estimate of drug-likeness (QED) is 0.808. The van der Waals surface area contributed by atoms with Gasteiger partial charge in [0.1, 0.15) is 12.1 Å². The smallest absolute Gasteiger partial charge is 0.118 e. The number of nitrogens with two attached hydrogens (primary N) is 1. The van der Waals surface area contributed by atoms with Crippen LogP contribution in [0.3, 0.4) is 0 Å². The van der Waals surface area contributed by atoms with E-state index in [0.717, 1.165) is 12.8 Å². The number of aliphatic hydroxyl groups is 1. The zero-order chi connectivity index (χ0) is 17.0. The lowest BCUT2D eigenvalue weighted by Gasteiger charge is -2.46. The van der Waals surface area contributed by atoms with E-state index in [-0.39, 0.29) is 18.0 Å². The van der Waals surface area contributed by atoms with E-state index >= 15 is 0 Å². The maximum Gasteiger partial charge on any atom is 0.118 e. The van der Waals surface area contributed by atoms with Crippen LogP contribution in [0.4, 0.5) is 0 Å². The molecule has 1 fully saturated rings. The molecule has 0 amide bonds. The van der Waals surface area contributed by atoms with Gasteiger partial charge in [-0.15, -0.1) is 6.58 Å². The Labute approximate surface area is 145 Å². The molecule has 3 rings (SSSR count). The Bertz CT molecular complexity index is 654. The van der Waals surface area contributed by atoms with Gasteiger partial charge in [-0.3, -0.25) is 0 Å². The maximum absolute atomic E-state index is 11.5. The number of piperidine rings is 1. The minimum absolute atomic E-state index is 0.220. The Kier molecular flexibility index (Phi) is 5.17. The number of quaternary nitrogens is 1. The van der Waals surface area contributed by atoms with Crippen molar-refractivity contribution in [2.24, 2.45) is 5.92 Å². The molecular weight excluding hydrogens is 294 g/mol. The van der Waals surface area contributed by atoms with Gasteiger partial charge in [-0.1, -0.05) is 73.7 Å². The van der Waals surface area contributed by atoms with Gasteiger partial charge in [-0.05, 0) is 12.8 Å². The van der Waals surface area contributed by atoms with Gasteiger partial charge in [0.25, 0.3) is 0 Å².